The van der Waals surface area contributed by atoms with Crippen LogP contribution in [-0.2, 0) is 0 Å². The number of fused-ring (bicyclic) bond motifs is 1. The molecule has 1 atom stereocenters. The molecule has 1 unspecified atom stereocenters. The van der Waals surface area contributed by atoms with Crippen LogP contribution in [0.2, 0.25) is 0 Å². The molecule has 0 saturated carbocycles. The molecule has 1 amide bonds. The van der Waals surface area contributed by atoms with Crippen molar-refractivity contribution < 1.29 is 9.90 Å². The van der Waals surface area contributed by atoms with Gasteiger partial charge < -0.3 is 10.4 Å². The molecule has 0 bridgehead atoms. The van der Waals surface area contributed by atoms with Gasteiger partial charge in [-0.1, -0.05) is 42.5 Å². The first-order valence-electron chi connectivity index (χ1n) is 7.93. The summed E-state index contributed by atoms with van der Waals surface area (Å²) >= 11 is 0. The largest absolute Gasteiger partial charge is 0.394 e. The highest BCUT2D eigenvalue weighted by atomic mass is 16.3. The average molecular weight is 320 g/mol. The molecule has 3 rings (SSSR count). The molecule has 1 aromatic heterocycles. The number of aliphatic hydroxyl groups excluding tert-OH is 1. The minimum atomic E-state index is -0.438. The molecular formula is C20H20N2O2. The van der Waals surface area contributed by atoms with Gasteiger partial charge in [0.25, 0.3) is 5.91 Å². The summed E-state index contributed by atoms with van der Waals surface area (Å²) in [6.07, 6.45) is 0. The Morgan fingerprint density at radius 3 is 2.58 bits per heavy atom. The molecular weight excluding hydrogens is 300 g/mol. The van der Waals surface area contributed by atoms with Crippen molar-refractivity contribution in [3.63, 3.8) is 0 Å². The van der Waals surface area contributed by atoms with Crippen LogP contribution in [-0.4, -0.2) is 22.6 Å². The first kappa shape index (κ1) is 16.1. The van der Waals surface area contributed by atoms with Crippen LogP contribution in [0.15, 0.2) is 54.6 Å². The standard InChI is InChI=1S/C20H20N2O2/c1-13-8-9-16-11-17(14(2)21-18(16)10-13)20(24)22-19(12-23)15-6-4-3-5-7-15/h3-11,19,23H,12H2,1-2H3,(H,22,24). The summed E-state index contributed by atoms with van der Waals surface area (Å²) in [4.78, 5) is 17.2. The van der Waals surface area contributed by atoms with E-state index in [2.05, 4.69) is 10.3 Å². The third kappa shape index (κ3) is 3.29. The van der Waals surface area contributed by atoms with E-state index in [0.717, 1.165) is 22.0 Å². The van der Waals surface area contributed by atoms with Gasteiger partial charge in [-0.15, -0.1) is 0 Å². The van der Waals surface area contributed by atoms with E-state index in [0.29, 0.717) is 11.3 Å². The lowest BCUT2D eigenvalue weighted by atomic mass is 10.0. The maximum absolute atomic E-state index is 12.7. The Hall–Kier alpha value is -2.72. The Labute approximate surface area is 141 Å². The summed E-state index contributed by atoms with van der Waals surface area (Å²) in [6, 6.07) is 16.8. The zero-order chi connectivity index (χ0) is 17.1. The predicted octanol–water partition coefficient (Wildman–Crippen LogP) is 3.32. The number of rotatable bonds is 4. The van der Waals surface area contributed by atoms with E-state index in [1.807, 2.05) is 68.4 Å². The van der Waals surface area contributed by atoms with Crippen molar-refractivity contribution in [3.8, 4) is 0 Å². The Morgan fingerprint density at radius 1 is 1.12 bits per heavy atom. The summed E-state index contributed by atoms with van der Waals surface area (Å²) in [5, 5.41) is 13.4. The minimum absolute atomic E-state index is 0.158. The number of nitrogens with zero attached hydrogens (tertiary/aromatic N) is 1. The van der Waals surface area contributed by atoms with Crippen molar-refractivity contribution in [2.45, 2.75) is 19.9 Å². The molecule has 4 heteroatoms. The highest BCUT2D eigenvalue weighted by molar-refractivity contribution is 5.98. The summed E-state index contributed by atoms with van der Waals surface area (Å²) in [5.74, 6) is -0.231. The maximum Gasteiger partial charge on any atom is 0.253 e. The van der Waals surface area contributed by atoms with Gasteiger partial charge in [-0.25, -0.2) is 0 Å². The third-order valence-electron chi connectivity index (χ3n) is 4.10. The molecule has 0 spiro atoms. The van der Waals surface area contributed by atoms with Gasteiger partial charge in [-0.2, -0.15) is 0 Å². The molecule has 0 aliphatic carbocycles. The number of aryl methyl sites for hydroxylation is 2. The Balaban J connectivity index is 1.90. The molecule has 2 N–H and O–H groups in total. The topological polar surface area (TPSA) is 62.2 Å². The lowest BCUT2D eigenvalue weighted by Crippen LogP contribution is -2.31. The maximum atomic E-state index is 12.7. The Morgan fingerprint density at radius 2 is 1.88 bits per heavy atom. The first-order chi connectivity index (χ1) is 11.6. The molecule has 3 aromatic rings. The number of amides is 1. The van der Waals surface area contributed by atoms with Crippen molar-refractivity contribution >= 4 is 16.8 Å². The fourth-order valence-electron chi connectivity index (χ4n) is 2.76. The zero-order valence-corrected chi connectivity index (χ0v) is 13.8. The number of aliphatic hydroxyl groups is 1. The molecule has 24 heavy (non-hydrogen) atoms. The van der Waals surface area contributed by atoms with Crippen LogP contribution in [0.4, 0.5) is 0 Å². The van der Waals surface area contributed by atoms with Crippen LogP contribution in [0, 0.1) is 13.8 Å². The van der Waals surface area contributed by atoms with E-state index >= 15 is 0 Å². The molecule has 0 fully saturated rings. The van der Waals surface area contributed by atoms with Gasteiger partial charge in [-0.05, 0) is 37.1 Å². The Kier molecular flexibility index (Phi) is 4.58. The number of carbonyl (C=O) groups excluding carboxylic acids is 1. The van der Waals surface area contributed by atoms with Gasteiger partial charge >= 0.3 is 0 Å². The third-order valence-corrected chi connectivity index (χ3v) is 4.10. The summed E-state index contributed by atoms with van der Waals surface area (Å²) in [7, 11) is 0. The van der Waals surface area contributed by atoms with E-state index in [-0.39, 0.29) is 12.5 Å². The lowest BCUT2D eigenvalue weighted by molar-refractivity contribution is 0.0915. The van der Waals surface area contributed by atoms with Gasteiger partial charge in [0.2, 0.25) is 0 Å². The van der Waals surface area contributed by atoms with Crippen molar-refractivity contribution in [1.29, 1.82) is 0 Å². The second-order valence-corrected chi connectivity index (χ2v) is 5.94. The van der Waals surface area contributed by atoms with Gasteiger partial charge in [0.05, 0.1) is 29.4 Å². The molecule has 0 radical (unpaired) electrons. The molecule has 4 nitrogen and oxygen atoms in total. The number of hydrogen-bond acceptors (Lipinski definition) is 3. The van der Waals surface area contributed by atoms with Gasteiger partial charge in [-0.3, -0.25) is 9.78 Å². The lowest BCUT2D eigenvalue weighted by Gasteiger charge is -2.17. The predicted molar refractivity (Wildman–Crippen MR) is 95.0 cm³/mol. The van der Waals surface area contributed by atoms with E-state index in [4.69, 9.17) is 0 Å². The minimum Gasteiger partial charge on any atom is -0.394 e. The zero-order valence-electron chi connectivity index (χ0n) is 13.8. The molecule has 0 aliphatic rings. The van der Waals surface area contributed by atoms with E-state index in [1.165, 1.54) is 0 Å². The highest BCUT2D eigenvalue weighted by Crippen LogP contribution is 2.19. The van der Waals surface area contributed by atoms with Crippen molar-refractivity contribution in [2.75, 3.05) is 6.61 Å². The summed E-state index contributed by atoms with van der Waals surface area (Å²) < 4.78 is 0. The first-order valence-corrected chi connectivity index (χ1v) is 7.93. The molecule has 122 valence electrons. The van der Waals surface area contributed by atoms with E-state index in [1.54, 1.807) is 0 Å². The molecule has 2 aromatic carbocycles. The van der Waals surface area contributed by atoms with Crippen LogP contribution < -0.4 is 5.32 Å². The van der Waals surface area contributed by atoms with Crippen LogP contribution in [0.3, 0.4) is 0 Å². The second-order valence-electron chi connectivity index (χ2n) is 5.94. The van der Waals surface area contributed by atoms with Crippen LogP contribution in [0.5, 0.6) is 0 Å². The fraction of sp³-hybridized carbons (Fsp3) is 0.200. The highest BCUT2D eigenvalue weighted by Gasteiger charge is 2.17. The molecule has 0 saturated heterocycles. The number of aromatic nitrogens is 1. The second kappa shape index (κ2) is 6.81. The molecule has 1 heterocycles. The van der Waals surface area contributed by atoms with Crippen molar-refractivity contribution in [1.82, 2.24) is 10.3 Å². The van der Waals surface area contributed by atoms with Gasteiger partial charge in [0.15, 0.2) is 0 Å². The number of hydrogen-bond donors (Lipinski definition) is 2. The van der Waals surface area contributed by atoms with Gasteiger partial charge in [0.1, 0.15) is 0 Å². The monoisotopic (exact) mass is 320 g/mol. The average Bonchev–Trinajstić information content (AvgIpc) is 2.59. The number of nitrogens with one attached hydrogen (secondary N) is 1. The van der Waals surface area contributed by atoms with Crippen LogP contribution >= 0.6 is 0 Å². The Bertz CT molecular complexity index is 875. The van der Waals surface area contributed by atoms with Crippen LogP contribution in [0.1, 0.15) is 33.2 Å². The van der Waals surface area contributed by atoms with Crippen molar-refractivity contribution in [3.05, 3.63) is 77.0 Å². The van der Waals surface area contributed by atoms with Gasteiger partial charge in [0, 0.05) is 5.39 Å². The molecule has 0 aliphatic heterocycles. The summed E-state index contributed by atoms with van der Waals surface area (Å²) in [6.45, 7) is 3.69. The SMILES string of the molecule is Cc1ccc2cc(C(=O)NC(CO)c3ccccc3)c(C)nc2c1. The van der Waals surface area contributed by atoms with E-state index in [9.17, 15) is 9.90 Å². The summed E-state index contributed by atoms with van der Waals surface area (Å²) in [5.41, 5.74) is 4.09. The number of benzene rings is 2. The quantitative estimate of drug-likeness (QED) is 0.775. The van der Waals surface area contributed by atoms with Crippen molar-refractivity contribution in [2.24, 2.45) is 0 Å². The fourth-order valence-corrected chi connectivity index (χ4v) is 2.76. The smallest absolute Gasteiger partial charge is 0.253 e. The van der Waals surface area contributed by atoms with Crippen LogP contribution in [0.25, 0.3) is 10.9 Å². The normalized spacial score (nSPS) is 12.1. The number of carbonyl (C=O) groups is 1. The number of pyridine rings is 1. The van der Waals surface area contributed by atoms with E-state index < -0.39 is 6.04 Å².